The predicted molar refractivity (Wildman–Crippen MR) is 69.3 cm³/mol. The van der Waals surface area contributed by atoms with Crippen LogP contribution in [0.5, 0.6) is 0 Å². The number of aryl methyl sites for hydroxylation is 1. The number of hydrogen-bond donors (Lipinski definition) is 0. The molecule has 0 N–H and O–H groups in total. The predicted octanol–water partition coefficient (Wildman–Crippen LogP) is 2.35. The van der Waals surface area contributed by atoms with Crippen LogP contribution in [0.4, 0.5) is 0 Å². The molecule has 0 saturated carbocycles. The van der Waals surface area contributed by atoms with Crippen molar-refractivity contribution in [2.24, 2.45) is 0 Å². The Morgan fingerprint density at radius 2 is 2.19 bits per heavy atom. The van der Waals surface area contributed by atoms with Gasteiger partial charge in [0.25, 0.3) is 5.91 Å². The third-order valence-corrected chi connectivity index (χ3v) is 4.75. The molecule has 0 aromatic carbocycles. The summed E-state index contributed by atoms with van der Waals surface area (Å²) in [5.74, 6) is -0.00343. The first-order valence-electron chi connectivity index (χ1n) is 5.09. The van der Waals surface area contributed by atoms with E-state index in [-0.39, 0.29) is 11.4 Å². The van der Waals surface area contributed by atoms with E-state index >= 15 is 0 Å². The Balaban J connectivity index is 2.95. The van der Waals surface area contributed by atoms with E-state index in [9.17, 15) is 4.79 Å². The van der Waals surface area contributed by atoms with Crippen LogP contribution in [0.25, 0.3) is 0 Å². The van der Waals surface area contributed by atoms with Crippen molar-refractivity contribution in [3.63, 3.8) is 0 Å². The van der Waals surface area contributed by atoms with E-state index < -0.39 is 0 Å². The van der Waals surface area contributed by atoms with Crippen LogP contribution in [0.15, 0.2) is 0 Å². The molecule has 1 heterocycles. The largest absolute Gasteiger partial charge is 0.335 e. The lowest BCUT2D eigenvalue weighted by molar-refractivity contribution is 0.0667. The van der Waals surface area contributed by atoms with E-state index in [0.29, 0.717) is 4.88 Å². The first-order chi connectivity index (χ1) is 7.44. The van der Waals surface area contributed by atoms with E-state index in [4.69, 9.17) is 0 Å². The standard InChI is InChI=1S/C10H16BrN3OS/c1-5-7-8(16-13-12-7)9(15)14(4)10(2,3)6-11/h5-6H2,1-4H3. The summed E-state index contributed by atoms with van der Waals surface area (Å²) < 4.78 is 3.84. The third kappa shape index (κ3) is 2.60. The van der Waals surface area contributed by atoms with Crippen LogP contribution < -0.4 is 0 Å². The second-order valence-corrected chi connectivity index (χ2v) is 5.53. The molecule has 16 heavy (non-hydrogen) atoms. The molecule has 0 aliphatic rings. The molecule has 0 radical (unpaired) electrons. The summed E-state index contributed by atoms with van der Waals surface area (Å²) in [6.07, 6.45) is 0.736. The van der Waals surface area contributed by atoms with Crippen LogP contribution in [0.2, 0.25) is 0 Å². The van der Waals surface area contributed by atoms with E-state index in [0.717, 1.165) is 17.4 Å². The Kier molecular flexibility index (Phi) is 4.43. The van der Waals surface area contributed by atoms with Gasteiger partial charge in [-0.15, -0.1) is 5.10 Å². The van der Waals surface area contributed by atoms with E-state index in [1.807, 2.05) is 27.8 Å². The number of rotatable bonds is 4. The minimum atomic E-state index is -0.216. The molecule has 0 aliphatic heterocycles. The zero-order valence-electron chi connectivity index (χ0n) is 9.95. The maximum atomic E-state index is 12.2. The van der Waals surface area contributed by atoms with E-state index in [1.54, 1.807) is 4.90 Å². The first-order valence-corrected chi connectivity index (χ1v) is 6.99. The van der Waals surface area contributed by atoms with Gasteiger partial charge in [-0.05, 0) is 31.8 Å². The second kappa shape index (κ2) is 5.23. The molecule has 0 unspecified atom stereocenters. The van der Waals surface area contributed by atoms with Crippen LogP contribution in [-0.4, -0.2) is 38.3 Å². The van der Waals surface area contributed by atoms with Gasteiger partial charge in [0, 0.05) is 17.9 Å². The van der Waals surface area contributed by atoms with Gasteiger partial charge in [0.15, 0.2) is 0 Å². The van der Waals surface area contributed by atoms with Crippen LogP contribution in [0.3, 0.4) is 0 Å². The molecule has 0 saturated heterocycles. The van der Waals surface area contributed by atoms with Gasteiger partial charge >= 0.3 is 0 Å². The fraction of sp³-hybridized carbons (Fsp3) is 0.700. The SMILES string of the molecule is CCc1nnsc1C(=O)N(C)C(C)(C)CBr. The average molecular weight is 306 g/mol. The topological polar surface area (TPSA) is 46.1 Å². The van der Waals surface area contributed by atoms with Crippen molar-refractivity contribution in [2.45, 2.75) is 32.7 Å². The maximum absolute atomic E-state index is 12.2. The lowest BCUT2D eigenvalue weighted by Gasteiger charge is -2.33. The van der Waals surface area contributed by atoms with Gasteiger partial charge in [-0.3, -0.25) is 4.79 Å². The molecule has 4 nitrogen and oxygen atoms in total. The number of alkyl halides is 1. The summed E-state index contributed by atoms with van der Waals surface area (Å²) in [5.41, 5.74) is 0.568. The highest BCUT2D eigenvalue weighted by Gasteiger charge is 2.29. The van der Waals surface area contributed by atoms with Crippen molar-refractivity contribution in [2.75, 3.05) is 12.4 Å². The maximum Gasteiger partial charge on any atom is 0.267 e. The fourth-order valence-corrected chi connectivity index (χ4v) is 2.22. The Hall–Kier alpha value is -0.490. The smallest absolute Gasteiger partial charge is 0.267 e. The summed E-state index contributed by atoms with van der Waals surface area (Å²) in [7, 11) is 1.81. The van der Waals surface area contributed by atoms with Crippen molar-refractivity contribution in [3.05, 3.63) is 10.6 Å². The summed E-state index contributed by atoms with van der Waals surface area (Å²) in [6, 6.07) is 0. The molecule has 1 aromatic rings. The van der Waals surface area contributed by atoms with Gasteiger partial charge < -0.3 is 4.90 Å². The molecule has 0 fully saturated rings. The fourth-order valence-electron chi connectivity index (χ4n) is 1.12. The van der Waals surface area contributed by atoms with Crippen molar-refractivity contribution in [1.29, 1.82) is 0 Å². The Labute approximate surface area is 108 Å². The Morgan fingerprint density at radius 3 is 2.69 bits per heavy atom. The number of amides is 1. The monoisotopic (exact) mass is 305 g/mol. The van der Waals surface area contributed by atoms with Gasteiger partial charge in [-0.1, -0.05) is 27.3 Å². The lowest BCUT2D eigenvalue weighted by Crippen LogP contribution is -2.46. The minimum absolute atomic E-state index is 0.00343. The minimum Gasteiger partial charge on any atom is -0.335 e. The number of halogens is 1. The number of nitrogens with zero attached hydrogens (tertiary/aromatic N) is 3. The number of carbonyl (C=O) groups excluding carboxylic acids is 1. The third-order valence-electron chi connectivity index (χ3n) is 2.62. The highest BCUT2D eigenvalue weighted by molar-refractivity contribution is 9.09. The lowest BCUT2D eigenvalue weighted by atomic mass is 10.1. The van der Waals surface area contributed by atoms with Crippen molar-refractivity contribution in [1.82, 2.24) is 14.5 Å². The van der Waals surface area contributed by atoms with Gasteiger partial charge in [0.1, 0.15) is 4.88 Å². The zero-order valence-corrected chi connectivity index (χ0v) is 12.4. The Bertz CT molecular complexity index is 378. The molecule has 0 aliphatic carbocycles. The summed E-state index contributed by atoms with van der Waals surface area (Å²) >= 11 is 4.59. The molecule has 1 amide bonds. The highest BCUT2D eigenvalue weighted by atomic mass is 79.9. The Morgan fingerprint density at radius 1 is 1.56 bits per heavy atom. The van der Waals surface area contributed by atoms with Gasteiger partial charge in [0.2, 0.25) is 0 Å². The molecular formula is C10H16BrN3OS. The highest BCUT2D eigenvalue weighted by Crippen LogP contribution is 2.21. The summed E-state index contributed by atoms with van der Waals surface area (Å²) in [6.45, 7) is 6.00. The summed E-state index contributed by atoms with van der Waals surface area (Å²) in [5, 5.41) is 4.69. The molecule has 6 heteroatoms. The number of aromatic nitrogens is 2. The quantitative estimate of drug-likeness (QED) is 0.802. The molecule has 0 atom stereocenters. The van der Waals surface area contributed by atoms with Crippen LogP contribution in [0.1, 0.15) is 36.1 Å². The van der Waals surface area contributed by atoms with Crippen LogP contribution in [-0.2, 0) is 6.42 Å². The number of hydrogen-bond acceptors (Lipinski definition) is 4. The van der Waals surface area contributed by atoms with Crippen molar-refractivity contribution >= 4 is 33.4 Å². The van der Waals surface area contributed by atoms with Crippen molar-refractivity contribution in [3.8, 4) is 0 Å². The van der Waals surface area contributed by atoms with Gasteiger partial charge in [0.05, 0.1) is 5.69 Å². The zero-order chi connectivity index (χ0) is 12.3. The summed E-state index contributed by atoms with van der Waals surface area (Å²) in [4.78, 5) is 14.6. The van der Waals surface area contributed by atoms with Gasteiger partial charge in [-0.2, -0.15) is 0 Å². The number of carbonyl (C=O) groups is 1. The molecule has 1 rings (SSSR count). The first kappa shape index (κ1) is 13.6. The van der Waals surface area contributed by atoms with E-state index in [1.165, 1.54) is 11.5 Å². The van der Waals surface area contributed by atoms with Crippen LogP contribution in [0, 0.1) is 0 Å². The van der Waals surface area contributed by atoms with Crippen LogP contribution >= 0.6 is 27.5 Å². The molecule has 1 aromatic heterocycles. The normalized spacial score (nSPS) is 11.6. The average Bonchev–Trinajstić information content (AvgIpc) is 2.74. The van der Waals surface area contributed by atoms with E-state index in [2.05, 4.69) is 25.5 Å². The van der Waals surface area contributed by atoms with Gasteiger partial charge in [-0.25, -0.2) is 0 Å². The molecule has 0 bridgehead atoms. The molecule has 90 valence electrons. The van der Waals surface area contributed by atoms with Crippen molar-refractivity contribution < 1.29 is 4.79 Å². The molecule has 0 spiro atoms. The second-order valence-electron chi connectivity index (χ2n) is 4.21. The molecular weight excluding hydrogens is 290 g/mol.